The van der Waals surface area contributed by atoms with E-state index in [0.29, 0.717) is 36.5 Å². The number of hydrogen-bond donors (Lipinski definition) is 2. The van der Waals surface area contributed by atoms with Gasteiger partial charge >= 0.3 is 6.03 Å². The Morgan fingerprint density at radius 3 is 2.51 bits per heavy atom. The van der Waals surface area contributed by atoms with Gasteiger partial charge in [0, 0.05) is 31.2 Å². The first-order chi connectivity index (χ1) is 19.0. The number of nitrogens with zero attached hydrogens (tertiary/aromatic N) is 2. The minimum absolute atomic E-state index is 0.101. The van der Waals surface area contributed by atoms with Crippen LogP contribution < -0.4 is 15.4 Å². The Morgan fingerprint density at radius 2 is 1.72 bits per heavy atom. The maximum absolute atomic E-state index is 13.6. The van der Waals surface area contributed by atoms with E-state index in [1.165, 1.54) is 11.6 Å². The van der Waals surface area contributed by atoms with Crippen LogP contribution in [0.25, 0.3) is 10.8 Å². The molecule has 2 N–H and O–H groups in total. The van der Waals surface area contributed by atoms with Crippen LogP contribution >= 0.6 is 0 Å². The first-order valence-electron chi connectivity index (χ1n) is 13.9. The van der Waals surface area contributed by atoms with E-state index >= 15 is 0 Å². The van der Waals surface area contributed by atoms with Gasteiger partial charge in [-0.3, -0.25) is 9.69 Å². The molecule has 0 spiro atoms. The fourth-order valence-electron chi connectivity index (χ4n) is 6.73. The number of amides is 3. The van der Waals surface area contributed by atoms with Crippen molar-refractivity contribution in [2.45, 2.75) is 69.2 Å². The third-order valence-corrected chi connectivity index (χ3v) is 8.62. The van der Waals surface area contributed by atoms with Crippen molar-refractivity contribution >= 4 is 28.4 Å². The highest BCUT2D eigenvalue weighted by Crippen LogP contribution is 2.37. The van der Waals surface area contributed by atoms with Crippen LogP contribution in [0.2, 0.25) is 0 Å². The van der Waals surface area contributed by atoms with Gasteiger partial charge in [-0.1, -0.05) is 30.3 Å². The SMILES string of the molecule is COc1ccccc1NC(=O)[C@@H]1CCCN1C(=O)NC1C[C@H]2CC[C@@H](C1)N2Cc1ccc2cc(F)ccc2c1. The summed E-state index contributed by atoms with van der Waals surface area (Å²) in [6.45, 7) is 1.44. The van der Waals surface area contributed by atoms with Crippen molar-refractivity contribution < 1.29 is 18.7 Å². The van der Waals surface area contributed by atoms with Crippen molar-refractivity contribution in [1.82, 2.24) is 15.1 Å². The van der Waals surface area contributed by atoms with Crippen LogP contribution in [-0.4, -0.2) is 59.6 Å². The van der Waals surface area contributed by atoms with Crippen LogP contribution in [0.5, 0.6) is 5.75 Å². The first-order valence-corrected chi connectivity index (χ1v) is 13.9. The smallest absolute Gasteiger partial charge is 0.318 e. The molecule has 3 amide bonds. The van der Waals surface area contributed by atoms with Gasteiger partial charge in [0.25, 0.3) is 0 Å². The van der Waals surface area contributed by atoms with Gasteiger partial charge in [-0.2, -0.15) is 0 Å². The summed E-state index contributed by atoms with van der Waals surface area (Å²) in [5, 5.41) is 8.19. The lowest BCUT2D eigenvalue weighted by Gasteiger charge is -2.40. The molecular weight excluding hydrogens is 495 g/mol. The van der Waals surface area contributed by atoms with Crippen LogP contribution in [0.15, 0.2) is 60.7 Å². The summed E-state index contributed by atoms with van der Waals surface area (Å²) in [4.78, 5) is 30.7. The van der Waals surface area contributed by atoms with Gasteiger partial charge in [0.2, 0.25) is 5.91 Å². The maximum Gasteiger partial charge on any atom is 0.318 e. The van der Waals surface area contributed by atoms with E-state index < -0.39 is 6.04 Å². The van der Waals surface area contributed by atoms with Crippen molar-refractivity contribution in [2.24, 2.45) is 0 Å². The fourth-order valence-corrected chi connectivity index (χ4v) is 6.73. The number of carbonyl (C=O) groups excluding carboxylic acids is 2. The summed E-state index contributed by atoms with van der Waals surface area (Å²) in [6, 6.07) is 18.8. The lowest BCUT2D eigenvalue weighted by Crippen LogP contribution is -2.54. The second kappa shape index (κ2) is 10.8. The fraction of sp³-hybridized carbons (Fsp3) is 0.419. The zero-order valence-electron chi connectivity index (χ0n) is 22.2. The van der Waals surface area contributed by atoms with Gasteiger partial charge in [-0.15, -0.1) is 0 Å². The molecule has 6 rings (SSSR count). The lowest BCUT2D eigenvalue weighted by atomic mass is 9.96. The van der Waals surface area contributed by atoms with Crippen molar-refractivity contribution in [1.29, 1.82) is 0 Å². The molecule has 2 bridgehead atoms. The van der Waals surface area contributed by atoms with E-state index in [4.69, 9.17) is 4.74 Å². The standard InChI is InChI=1S/C31H35FN4O3/c1-39-29-7-3-2-5-27(29)34-30(37)28-6-4-14-35(28)31(38)33-24-17-25-12-13-26(18-24)36(25)19-20-8-9-22-16-23(32)11-10-21(22)15-20/h2-3,5,7-11,15-16,24-26,28H,4,6,12-14,17-19H2,1H3,(H,33,38)(H,34,37)/t24?,25-,26+,28-/m0/s1. The summed E-state index contributed by atoms with van der Waals surface area (Å²) in [5.74, 6) is 0.203. The molecule has 7 nitrogen and oxygen atoms in total. The number of nitrogens with one attached hydrogen (secondary N) is 2. The molecule has 4 atom stereocenters. The third-order valence-electron chi connectivity index (χ3n) is 8.62. The largest absolute Gasteiger partial charge is 0.495 e. The monoisotopic (exact) mass is 530 g/mol. The molecule has 1 unspecified atom stereocenters. The van der Waals surface area contributed by atoms with Crippen molar-refractivity contribution in [2.75, 3.05) is 19.0 Å². The second-order valence-electron chi connectivity index (χ2n) is 11.0. The molecule has 3 aromatic rings. The number of anilines is 1. The number of urea groups is 1. The zero-order chi connectivity index (χ0) is 26.9. The summed E-state index contributed by atoms with van der Waals surface area (Å²) >= 11 is 0. The van der Waals surface area contributed by atoms with Crippen molar-refractivity contribution in [3.63, 3.8) is 0 Å². The van der Waals surface area contributed by atoms with E-state index in [1.54, 1.807) is 30.2 Å². The van der Waals surface area contributed by atoms with Crippen molar-refractivity contribution in [3.8, 4) is 5.75 Å². The minimum Gasteiger partial charge on any atom is -0.495 e. The number of rotatable bonds is 6. The number of benzene rings is 3. The predicted octanol–water partition coefficient (Wildman–Crippen LogP) is 5.30. The Kier molecular flexibility index (Phi) is 7.12. The van der Waals surface area contributed by atoms with Gasteiger partial charge < -0.3 is 20.3 Å². The van der Waals surface area contributed by atoms with Crippen LogP contribution in [0.3, 0.4) is 0 Å². The molecular formula is C31H35FN4O3. The lowest BCUT2D eigenvalue weighted by molar-refractivity contribution is -0.119. The van der Waals surface area contributed by atoms with Gasteiger partial charge in [-0.25, -0.2) is 9.18 Å². The Morgan fingerprint density at radius 1 is 0.974 bits per heavy atom. The number of carbonyl (C=O) groups is 2. The number of methoxy groups -OCH3 is 1. The van der Waals surface area contributed by atoms with E-state index in [9.17, 15) is 14.0 Å². The molecule has 3 saturated heterocycles. The van der Waals surface area contributed by atoms with Crippen molar-refractivity contribution in [3.05, 3.63) is 72.0 Å². The topological polar surface area (TPSA) is 73.9 Å². The average Bonchev–Trinajstić information content (AvgIpc) is 3.51. The van der Waals surface area contributed by atoms with E-state index in [1.807, 2.05) is 24.3 Å². The van der Waals surface area contributed by atoms with E-state index in [-0.39, 0.29) is 23.8 Å². The number of ether oxygens (including phenoxy) is 1. The summed E-state index contributed by atoms with van der Waals surface area (Å²) < 4.78 is 18.9. The molecule has 3 aliphatic rings. The predicted molar refractivity (Wildman–Crippen MR) is 149 cm³/mol. The molecule has 0 radical (unpaired) electrons. The van der Waals surface area contributed by atoms with Gasteiger partial charge in [0.15, 0.2) is 0 Å². The minimum atomic E-state index is -0.492. The van der Waals surface area contributed by atoms with Crippen LogP contribution in [0.1, 0.15) is 44.1 Å². The highest BCUT2D eigenvalue weighted by molar-refractivity contribution is 5.98. The Balaban J connectivity index is 1.06. The molecule has 0 saturated carbocycles. The number of halogens is 1. The Bertz CT molecular complexity index is 1370. The highest BCUT2D eigenvalue weighted by atomic mass is 19.1. The van der Waals surface area contributed by atoms with Gasteiger partial charge in [-0.05, 0) is 85.2 Å². The maximum atomic E-state index is 13.6. The highest BCUT2D eigenvalue weighted by Gasteiger charge is 2.42. The average molecular weight is 531 g/mol. The summed E-state index contributed by atoms with van der Waals surface area (Å²) in [6.07, 6.45) is 5.53. The number of likely N-dealkylation sites (tertiary alicyclic amines) is 1. The van der Waals surface area contributed by atoms with E-state index in [2.05, 4.69) is 27.7 Å². The molecule has 204 valence electrons. The molecule has 3 fully saturated rings. The number of fused-ring (bicyclic) bond motifs is 3. The quantitative estimate of drug-likeness (QED) is 0.454. The molecule has 3 heterocycles. The summed E-state index contributed by atoms with van der Waals surface area (Å²) in [7, 11) is 1.57. The van der Waals surface area contributed by atoms with Crippen LogP contribution in [0.4, 0.5) is 14.9 Å². The Labute approximate surface area is 228 Å². The molecule has 8 heteroatoms. The molecule has 0 aliphatic carbocycles. The van der Waals surface area contributed by atoms with Crippen LogP contribution in [0, 0.1) is 5.82 Å². The summed E-state index contributed by atoms with van der Waals surface area (Å²) in [5.41, 5.74) is 1.84. The number of piperidine rings is 1. The molecule has 3 aliphatic heterocycles. The Hall–Kier alpha value is -3.65. The first kappa shape index (κ1) is 25.6. The zero-order valence-corrected chi connectivity index (χ0v) is 22.2. The van der Waals surface area contributed by atoms with Gasteiger partial charge in [0.05, 0.1) is 12.8 Å². The van der Waals surface area contributed by atoms with Crippen LogP contribution in [-0.2, 0) is 11.3 Å². The molecule has 0 aromatic heterocycles. The van der Waals surface area contributed by atoms with E-state index in [0.717, 1.165) is 49.4 Å². The number of hydrogen-bond acceptors (Lipinski definition) is 4. The second-order valence-corrected chi connectivity index (χ2v) is 11.0. The third kappa shape index (κ3) is 5.30. The number of para-hydroxylation sites is 2. The molecule has 3 aromatic carbocycles. The van der Waals surface area contributed by atoms with Gasteiger partial charge in [0.1, 0.15) is 17.6 Å². The normalized spacial score (nSPS) is 24.6. The molecule has 39 heavy (non-hydrogen) atoms.